The molecule has 0 amide bonds. The van der Waals surface area contributed by atoms with Gasteiger partial charge in [0.05, 0.1) is 37.5 Å². The Bertz CT molecular complexity index is 1210. The van der Waals surface area contributed by atoms with E-state index in [9.17, 15) is 4.79 Å². The molecular weight excluding hydrogens is 372 g/mol. The molecule has 0 saturated heterocycles. The quantitative estimate of drug-likeness (QED) is 0.520. The standard InChI is InChI=1S/C21H20N4O4/c1-4-29-21(26)17-18-20(24-16-8-6-5-7-15(16)23-18)25(19(17)22)12-9-13(27-2)11-14(10-12)28-3/h5-11H,4,22H2,1-3H3. The summed E-state index contributed by atoms with van der Waals surface area (Å²) < 4.78 is 17.6. The van der Waals surface area contributed by atoms with Gasteiger partial charge in [0.15, 0.2) is 5.65 Å². The van der Waals surface area contributed by atoms with Crippen molar-refractivity contribution in [3.05, 3.63) is 48.0 Å². The molecule has 0 saturated carbocycles. The highest BCUT2D eigenvalue weighted by atomic mass is 16.5. The number of ether oxygens (including phenoxy) is 3. The molecule has 2 aromatic heterocycles. The maximum Gasteiger partial charge on any atom is 0.344 e. The number of carbonyl (C=O) groups excluding carboxylic acids is 1. The molecule has 2 aromatic carbocycles. The van der Waals surface area contributed by atoms with Gasteiger partial charge in [-0.15, -0.1) is 0 Å². The highest BCUT2D eigenvalue weighted by Gasteiger charge is 2.26. The number of nitrogen functional groups attached to an aromatic ring is 1. The van der Waals surface area contributed by atoms with Crippen LogP contribution >= 0.6 is 0 Å². The van der Waals surface area contributed by atoms with Gasteiger partial charge >= 0.3 is 5.97 Å². The van der Waals surface area contributed by atoms with Gasteiger partial charge in [-0.1, -0.05) is 12.1 Å². The van der Waals surface area contributed by atoms with E-state index in [1.54, 1.807) is 43.9 Å². The average molecular weight is 392 g/mol. The summed E-state index contributed by atoms with van der Waals surface area (Å²) >= 11 is 0. The lowest BCUT2D eigenvalue weighted by Crippen LogP contribution is -2.09. The summed E-state index contributed by atoms with van der Waals surface area (Å²) in [6.07, 6.45) is 0. The van der Waals surface area contributed by atoms with Gasteiger partial charge in [-0.25, -0.2) is 14.8 Å². The zero-order chi connectivity index (χ0) is 20.5. The highest BCUT2D eigenvalue weighted by molar-refractivity contribution is 6.09. The smallest absolute Gasteiger partial charge is 0.344 e. The Morgan fingerprint density at radius 1 is 1.03 bits per heavy atom. The zero-order valence-corrected chi connectivity index (χ0v) is 16.3. The number of rotatable bonds is 5. The van der Waals surface area contributed by atoms with Crippen molar-refractivity contribution in [3.8, 4) is 17.2 Å². The monoisotopic (exact) mass is 392 g/mol. The molecule has 4 aromatic rings. The molecule has 0 aliphatic rings. The number of nitrogens with two attached hydrogens (primary N) is 1. The number of para-hydroxylation sites is 2. The first-order valence-corrected chi connectivity index (χ1v) is 9.04. The highest BCUT2D eigenvalue weighted by Crippen LogP contribution is 2.34. The van der Waals surface area contributed by atoms with E-state index in [2.05, 4.69) is 4.98 Å². The molecule has 8 nitrogen and oxygen atoms in total. The summed E-state index contributed by atoms with van der Waals surface area (Å²) in [4.78, 5) is 22.0. The predicted molar refractivity (Wildman–Crippen MR) is 110 cm³/mol. The fourth-order valence-corrected chi connectivity index (χ4v) is 3.25. The van der Waals surface area contributed by atoms with E-state index >= 15 is 0 Å². The number of carbonyl (C=O) groups is 1. The van der Waals surface area contributed by atoms with Gasteiger partial charge in [0.25, 0.3) is 0 Å². The minimum atomic E-state index is -0.548. The topological polar surface area (TPSA) is 101 Å². The SMILES string of the molecule is CCOC(=O)c1c(N)n(-c2cc(OC)cc(OC)c2)c2nc3ccccc3nc12. The van der Waals surface area contributed by atoms with Crippen LogP contribution < -0.4 is 15.2 Å². The van der Waals surface area contributed by atoms with Crippen molar-refractivity contribution in [1.82, 2.24) is 14.5 Å². The number of esters is 1. The molecule has 0 unspecified atom stereocenters. The van der Waals surface area contributed by atoms with Crippen LogP contribution in [0, 0.1) is 0 Å². The van der Waals surface area contributed by atoms with Crippen LogP contribution in [0.3, 0.4) is 0 Å². The molecular formula is C21H20N4O4. The summed E-state index contributed by atoms with van der Waals surface area (Å²) in [6, 6.07) is 12.7. The van der Waals surface area contributed by atoms with Crippen molar-refractivity contribution in [2.24, 2.45) is 0 Å². The Balaban J connectivity index is 2.09. The number of fused-ring (bicyclic) bond motifs is 2. The second-order valence-electron chi connectivity index (χ2n) is 6.27. The number of hydrogen-bond donors (Lipinski definition) is 1. The summed E-state index contributed by atoms with van der Waals surface area (Å²) in [7, 11) is 3.13. The molecule has 4 rings (SSSR count). The van der Waals surface area contributed by atoms with Crippen molar-refractivity contribution in [1.29, 1.82) is 0 Å². The Labute approximate surface area is 166 Å². The second kappa shape index (κ2) is 7.31. The molecule has 148 valence electrons. The van der Waals surface area contributed by atoms with Crippen LogP contribution in [0.15, 0.2) is 42.5 Å². The molecule has 0 fully saturated rings. The molecule has 0 aliphatic heterocycles. The third-order valence-electron chi connectivity index (χ3n) is 4.57. The lowest BCUT2D eigenvalue weighted by molar-refractivity contribution is 0.0529. The zero-order valence-electron chi connectivity index (χ0n) is 16.3. The fraction of sp³-hybridized carbons (Fsp3) is 0.190. The van der Waals surface area contributed by atoms with Crippen LogP contribution in [-0.4, -0.2) is 41.3 Å². The van der Waals surface area contributed by atoms with Crippen molar-refractivity contribution in [2.75, 3.05) is 26.6 Å². The first kappa shape index (κ1) is 18.5. The molecule has 0 aliphatic carbocycles. The maximum absolute atomic E-state index is 12.7. The van der Waals surface area contributed by atoms with Gasteiger partial charge in [-0.05, 0) is 19.1 Å². The molecule has 0 bridgehead atoms. The number of methoxy groups -OCH3 is 2. The van der Waals surface area contributed by atoms with E-state index in [1.165, 1.54) is 0 Å². The number of hydrogen-bond acceptors (Lipinski definition) is 7. The van der Waals surface area contributed by atoms with Crippen LogP contribution in [0.2, 0.25) is 0 Å². The van der Waals surface area contributed by atoms with Crippen LogP contribution in [0.1, 0.15) is 17.3 Å². The van der Waals surface area contributed by atoms with Crippen LogP contribution in [0.5, 0.6) is 11.5 Å². The molecule has 29 heavy (non-hydrogen) atoms. The van der Waals surface area contributed by atoms with E-state index < -0.39 is 5.97 Å². The first-order chi connectivity index (χ1) is 14.1. The van der Waals surface area contributed by atoms with Gasteiger partial charge in [0.1, 0.15) is 28.4 Å². The van der Waals surface area contributed by atoms with E-state index in [-0.39, 0.29) is 18.0 Å². The molecule has 0 radical (unpaired) electrons. The first-order valence-electron chi connectivity index (χ1n) is 9.04. The summed E-state index contributed by atoms with van der Waals surface area (Å²) in [6.45, 7) is 1.96. The molecule has 2 N–H and O–H groups in total. The third-order valence-corrected chi connectivity index (χ3v) is 4.57. The Kier molecular flexibility index (Phi) is 4.67. The number of benzene rings is 2. The number of aromatic nitrogens is 3. The minimum Gasteiger partial charge on any atom is -0.497 e. The Morgan fingerprint density at radius 3 is 2.24 bits per heavy atom. The molecule has 0 atom stereocenters. The summed E-state index contributed by atoms with van der Waals surface area (Å²) in [5.41, 5.74) is 9.40. The van der Waals surface area contributed by atoms with Crippen LogP contribution in [-0.2, 0) is 4.74 Å². The van der Waals surface area contributed by atoms with E-state index in [0.717, 1.165) is 0 Å². The Hall–Kier alpha value is -3.81. The van der Waals surface area contributed by atoms with Crippen LogP contribution in [0.25, 0.3) is 27.9 Å². The van der Waals surface area contributed by atoms with Crippen molar-refractivity contribution in [2.45, 2.75) is 6.92 Å². The van der Waals surface area contributed by atoms with Crippen LogP contribution in [0.4, 0.5) is 5.82 Å². The minimum absolute atomic E-state index is 0.182. The van der Waals surface area contributed by atoms with Crippen molar-refractivity contribution >= 4 is 34.0 Å². The summed E-state index contributed by atoms with van der Waals surface area (Å²) in [5, 5.41) is 0. The third kappa shape index (κ3) is 3.08. The predicted octanol–water partition coefficient (Wildman–Crippen LogP) is 3.35. The van der Waals surface area contributed by atoms with Gasteiger partial charge < -0.3 is 19.9 Å². The van der Waals surface area contributed by atoms with Gasteiger partial charge in [0.2, 0.25) is 0 Å². The number of anilines is 1. The normalized spacial score (nSPS) is 11.0. The lowest BCUT2D eigenvalue weighted by Gasteiger charge is -2.12. The molecule has 8 heteroatoms. The Morgan fingerprint density at radius 2 is 1.66 bits per heavy atom. The average Bonchev–Trinajstić information content (AvgIpc) is 3.02. The van der Waals surface area contributed by atoms with Gasteiger partial charge in [0, 0.05) is 18.2 Å². The largest absolute Gasteiger partial charge is 0.497 e. The fourth-order valence-electron chi connectivity index (χ4n) is 3.25. The van der Waals surface area contributed by atoms with Gasteiger partial charge in [-0.2, -0.15) is 0 Å². The molecule has 2 heterocycles. The van der Waals surface area contributed by atoms with Gasteiger partial charge in [-0.3, -0.25) is 4.57 Å². The van der Waals surface area contributed by atoms with Crippen molar-refractivity contribution in [3.63, 3.8) is 0 Å². The maximum atomic E-state index is 12.7. The van der Waals surface area contributed by atoms with Crippen molar-refractivity contribution < 1.29 is 19.0 Å². The second-order valence-corrected chi connectivity index (χ2v) is 6.27. The van der Waals surface area contributed by atoms with E-state index in [4.69, 9.17) is 24.9 Å². The molecule has 0 spiro atoms. The van der Waals surface area contributed by atoms with E-state index in [0.29, 0.717) is 39.4 Å². The number of nitrogens with zero attached hydrogens (tertiary/aromatic N) is 3. The van der Waals surface area contributed by atoms with E-state index in [1.807, 2.05) is 24.3 Å². The summed E-state index contributed by atoms with van der Waals surface area (Å²) in [5.74, 6) is 0.788. The lowest BCUT2D eigenvalue weighted by atomic mass is 10.2.